The Bertz CT molecular complexity index is 1450. The third-order valence-electron chi connectivity index (χ3n) is 8.36. The summed E-state index contributed by atoms with van der Waals surface area (Å²) in [5.74, 6) is 0.785. The Morgan fingerprint density at radius 2 is 1.38 bits per heavy atom. The molecule has 1 aliphatic heterocycles. The van der Waals surface area contributed by atoms with Gasteiger partial charge in [0.15, 0.2) is 0 Å². The first-order valence-electron chi connectivity index (χ1n) is 16.3. The van der Waals surface area contributed by atoms with E-state index in [4.69, 9.17) is 9.47 Å². The molecule has 1 unspecified atom stereocenters. The second-order valence-electron chi connectivity index (χ2n) is 11.7. The van der Waals surface area contributed by atoms with E-state index in [0.29, 0.717) is 6.61 Å². The summed E-state index contributed by atoms with van der Waals surface area (Å²) in [6, 6.07) is 35.6. The second kappa shape index (κ2) is 17.8. The molecule has 0 bridgehead atoms. The van der Waals surface area contributed by atoms with Crippen molar-refractivity contribution in [1.29, 1.82) is 0 Å². The first-order chi connectivity index (χ1) is 22.2. The van der Waals surface area contributed by atoms with E-state index in [0.717, 1.165) is 81.1 Å². The van der Waals surface area contributed by atoms with Crippen molar-refractivity contribution in [1.82, 2.24) is 4.90 Å². The number of fused-ring (bicyclic) bond motifs is 1. The number of rotatable bonds is 19. The van der Waals surface area contributed by atoms with Crippen molar-refractivity contribution >= 4 is 23.4 Å². The molecular weight excluding hydrogens is 577 g/mol. The Hall–Kier alpha value is -3.58. The number of ether oxygens (including phenoxy) is 2. The molecule has 0 spiro atoms. The van der Waals surface area contributed by atoms with Crippen LogP contribution in [0.25, 0.3) is 0 Å². The predicted molar refractivity (Wildman–Crippen MR) is 187 cm³/mol. The topological polar surface area (TPSA) is 50.8 Å². The van der Waals surface area contributed by atoms with Crippen molar-refractivity contribution in [3.05, 3.63) is 131 Å². The average Bonchev–Trinajstić information content (AvgIpc) is 3.43. The van der Waals surface area contributed by atoms with Gasteiger partial charge in [0, 0.05) is 25.3 Å². The predicted octanol–water partition coefficient (Wildman–Crippen LogP) is 8.49. The SMILES string of the molecule is CSC1C(=O)Nc2c(OCc3ccccc3)ccc(CCN(CCCCCCOCCc3ccccc3)Cc3ccccc3)c21. The van der Waals surface area contributed by atoms with Gasteiger partial charge >= 0.3 is 0 Å². The molecule has 6 heteroatoms. The number of nitrogens with zero attached hydrogens (tertiary/aromatic N) is 1. The van der Waals surface area contributed by atoms with E-state index < -0.39 is 0 Å². The van der Waals surface area contributed by atoms with Crippen LogP contribution < -0.4 is 10.1 Å². The summed E-state index contributed by atoms with van der Waals surface area (Å²) < 4.78 is 12.1. The number of nitrogens with one attached hydrogen (secondary N) is 1. The van der Waals surface area contributed by atoms with Crippen LogP contribution in [0.1, 0.15) is 58.8 Å². The molecule has 1 heterocycles. The van der Waals surface area contributed by atoms with Crippen LogP contribution in [0.5, 0.6) is 5.75 Å². The highest BCUT2D eigenvalue weighted by Gasteiger charge is 2.34. The van der Waals surface area contributed by atoms with Crippen LogP contribution in [0.4, 0.5) is 5.69 Å². The van der Waals surface area contributed by atoms with Gasteiger partial charge in [-0.25, -0.2) is 0 Å². The summed E-state index contributed by atoms with van der Waals surface area (Å²) in [5.41, 5.74) is 6.92. The van der Waals surface area contributed by atoms with E-state index in [1.807, 2.05) is 30.5 Å². The lowest BCUT2D eigenvalue weighted by molar-refractivity contribution is -0.115. The largest absolute Gasteiger partial charge is 0.487 e. The van der Waals surface area contributed by atoms with Crippen molar-refractivity contribution in [3.8, 4) is 5.75 Å². The highest BCUT2D eigenvalue weighted by atomic mass is 32.2. The second-order valence-corrected chi connectivity index (χ2v) is 12.6. The first kappa shape index (κ1) is 32.8. The zero-order chi connectivity index (χ0) is 31.1. The van der Waals surface area contributed by atoms with E-state index in [-0.39, 0.29) is 11.2 Å². The standard InChI is InChI=1S/C39H46N2O3S/c1-45-38-36-34(21-22-35(37(36)40-39(38)42)44-30-33-19-11-6-12-20-33)23-26-41(29-32-17-9-5-10-18-32)25-13-2-3-14-27-43-28-24-31-15-7-4-8-16-31/h4-12,15-22,38H,2-3,13-14,23-30H2,1H3,(H,40,42). The van der Waals surface area contributed by atoms with Gasteiger partial charge in [0.2, 0.25) is 5.91 Å². The number of anilines is 1. The van der Waals surface area contributed by atoms with Gasteiger partial charge in [-0.2, -0.15) is 0 Å². The fourth-order valence-corrected chi connectivity index (χ4v) is 6.69. The molecule has 1 amide bonds. The normalized spacial score (nSPS) is 14.0. The molecule has 0 aromatic heterocycles. The number of carbonyl (C=O) groups excluding carboxylic acids is 1. The lowest BCUT2D eigenvalue weighted by atomic mass is 10.0. The van der Waals surface area contributed by atoms with Crippen molar-refractivity contribution in [3.63, 3.8) is 0 Å². The molecule has 5 rings (SSSR count). The van der Waals surface area contributed by atoms with Crippen LogP contribution in [-0.2, 0) is 35.5 Å². The molecule has 4 aromatic carbocycles. The zero-order valence-corrected chi connectivity index (χ0v) is 27.3. The van der Waals surface area contributed by atoms with Crippen molar-refractivity contribution in [2.45, 2.75) is 56.9 Å². The Balaban J connectivity index is 1.14. The molecular formula is C39H46N2O3S. The van der Waals surface area contributed by atoms with Crippen molar-refractivity contribution in [2.24, 2.45) is 0 Å². The molecule has 0 radical (unpaired) electrons. The highest BCUT2D eigenvalue weighted by Crippen LogP contribution is 2.46. The monoisotopic (exact) mass is 622 g/mol. The number of hydrogen-bond acceptors (Lipinski definition) is 5. The van der Waals surface area contributed by atoms with Gasteiger partial charge < -0.3 is 14.8 Å². The molecule has 236 valence electrons. The summed E-state index contributed by atoms with van der Waals surface area (Å²) in [7, 11) is 0. The van der Waals surface area contributed by atoms with Gasteiger partial charge in [0.25, 0.3) is 0 Å². The lowest BCUT2D eigenvalue weighted by Crippen LogP contribution is -2.27. The fourth-order valence-electron chi connectivity index (χ4n) is 5.91. The van der Waals surface area contributed by atoms with Gasteiger partial charge in [-0.1, -0.05) is 110 Å². The maximum Gasteiger partial charge on any atom is 0.242 e. The minimum atomic E-state index is -0.215. The smallest absolute Gasteiger partial charge is 0.242 e. The molecule has 0 saturated heterocycles. The number of amides is 1. The van der Waals surface area contributed by atoms with Gasteiger partial charge in [-0.3, -0.25) is 9.69 Å². The maximum absolute atomic E-state index is 13.0. The summed E-state index contributed by atoms with van der Waals surface area (Å²) >= 11 is 1.59. The molecule has 1 atom stereocenters. The fraction of sp³-hybridized carbons (Fsp3) is 0.359. The quantitative estimate of drug-likeness (QED) is 0.106. The van der Waals surface area contributed by atoms with Gasteiger partial charge in [-0.05, 0) is 66.8 Å². The molecule has 4 aromatic rings. The van der Waals surface area contributed by atoms with Crippen LogP contribution in [0, 0.1) is 0 Å². The van der Waals surface area contributed by atoms with E-state index >= 15 is 0 Å². The lowest BCUT2D eigenvalue weighted by Gasteiger charge is -2.24. The Morgan fingerprint density at radius 3 is 2.09 bits per heavy atom. The third kappa shape index (κ3) is 9.95. The van der Waals surface area contributed by atoms with Crippen molar-refractivity contribution < 1.29 is 14.3 Å². The summed E-state index contributed by atoms with van der Waals surface area (Å²) in [5, 5.41) is 2.92. The molecule has 0 aliphatic carbocycles. The Labute approximate surface area is 273 Å². The zero-order valence-electron chi connectivity index (χ0n) is 26.5. The van der Waals surface area contributed by atoms with Gasteiger partial charge in [0.05, 0.1) is 12.3 Å². The molecule has 5 nitrogen and oxygen atoms in total. The van der Waals surface area contributed by atoms with Crippen LogP contribution in [0.15, 0.2) is 103 Å². The molecule has 45 heavy (non-hydrogen) atoms. The number of unbranched alkanes of at least 4 members (excludes halogenated alkanes) is 3. The van der Waals surface area contributed by atoms with Crippen molar-refractivity contribution in [2.75, 3.05) is 37.9 Å². The Kier molecular flexibility index (Phi) is 13.0. The average molecular weight is 623 g/mol. The summed E-state index contributed by atoms with van der Waals surface area (Å²) in [6.45, 7) is 5.00. The third-order valence-corrected chi connectivity index (χ3v) is 9.28. The Morgan fingerprint density at radius 1 is 0.711 bits per heavy atom. The van der Waals surface area contributed by atoms with Gasteiger partial charge in [0.1, 0.15) is 17.6 Å². The van der Waals surface area contributed by atoms with E-state index in [1.54, 1.807) is 11.8 Å². The van der Waals surface area contributed by atoms with Crippen LogP contribution in [-0.4, -0.2) is 43.4 Å². The van der Waals surface area contributed by atoms with Crippen LogP contribution in [0.2, 0.25) is 0 Å². The van der Waals surface area contributed by atoms with E-state index in [9.17, 15) is 4.79 Å². The van der Waals surface area contributed by atoms with Gasteiger partial charge in [-0.15, -0.1) is 11.8 Å². The minimum Gasteiger partial charge on any atom is -0.487 e. The number of thioether (sulfide) groups is 1. The van der Waals surface area contributed by atoms with E-state index in [2.05, 4.69) is 89.1 Å². The summed E-state index contributed by atoms with van der Waals surface area (Å²) in [6.07, 6.45) is 8.52. The molecule has 1 aliphatic rings. The molecule has 1 N–H and O–H groups in total. The molecule has 0 saturated carbocycles. The first-order valence-corrected chi connectivity index (χ1v) is 17.5. The number of benzene rings is 4. The summed E-state index contributed by atoms with van der Waals surface area (Å²) in [4.78, 5) is 15.5. The highest BCUT2D eigenvalue weighted by molar-refractivity contribution is 7.99. The van der Waals surface area contributed by atoms with E-state index in [1.165, 1.54) is 29.5 Å². The minimum absolute atomic E-state index is 0.0414. The molecule has 0 fully saturated rings. The number of hydrogen-bond donors (Lipinski definition) is 1. The van der Waals surface area contributed by atoms with Crippen LogP contribution in [0.3, 0.4) is 0 Å². The maximum atomic E-state index is 13.0. The number of carbonyl (C=O) groups is 1. The van der Waals surface area contributed by atoms with Crippen LogP contribution >= 0.6 is 11.8 Å².